The molecule has 130 valence electrons. The maximum absolute atomic E-state index is 12.3. The van der Waals surface area contributed by atoms with E-state index >= 15 is 0 Å². The molecule has 0 radical (unpaired) electrons. The average Bonchev–Trinajstić information content (AvgIpc) is 2.68. The molecule has 3 aromatic rings. The van der Waals surface area contributed by atoms with Gasteiger partial charge < -0.3 is 9.47 Å². The lowest BCUT2D eigenvalue weighted by molar-refractivity contribution is 0.0730. The first-order valence-corrected chi connectivity index (χ1v) is 8.43. The molecule has 0 aliphatic heterocycles. The van der Waals surface area contributed by atoms with Crippen LogP contribution in [0.25, 0.3) is 12.2 Å². The fourth-order valence-corrected chi connectivity index (χ4v) is 2.62. The Morgan fingerprint density at radius 3 is 2.27 bits per heavy atom. The van der Waals surface area contributed by atoms with Crippen LogP contribution < -0.4 is 9.47 Å². The van der Waals surface area contributed by atoms with Crippen molar-refractivity contribution in [1.29, 1.82) is 0 Å². The fourth-order valence-electron chi connectivity index (χ4n) is 2.41. The summed E-state index contributed by atoms with van der Waals surface area (Å²) >= 11 is 6.04. The van der Waals surface area contributed by atoms with Crippen LogP contribution in [0.1, 0.15) is 21.5 Å². The molecule has 0 aliphatic rings. The molecule has 3 aromatic carbocycles. The lowest BCUT2D eigenvalue weighted by Crippen LogP contribution is -2.09. The third-order valence-corrected chi connectivity index (χ3v) is 4.08. The summed E-state index contributed by atoms with van der Waals surface area (Å²) in [6.07, 6.45) is 3.97. The summed E-state index contributed by atoms with van der Waals surface area (Å²) in [5, 5.41) is 0.346. The first kappa shape index (κ1) is 17.8. The van der Waals surface area contributed by atoms with E-state index in [1.165, 1.54) is 7.11 Å². The van der Waals surface area contributed by atoms with E-state index in [1.807, 2.05) is 54.6 Å². The largest absolute Gasteiger partial charge is 0.493 e. The zero-order valence-electron chi connectivity index (χ0n) is 14.2. The summed E-state index contributed by atoms with van der Waals surface area (Å²) in [4.78, 5) is 12.3. The summed E-state index contributed by atoms with van der Waals surface area (Å²) in [5.74, 6) is 0.288. The minimum Gasteiger partial charge on any atom is -0.493 e. The average molecular weight is 365 g/mol. The highest BCUT2D eigenvalue weighted by atomic mass is 35.5. The third kappa shape index (κ3) is 4.32. The zero-order valence-corrected chi connectivity index (χ0v) is 14.9. The van der Waals surface area contributed by atoms with Crippen LogP contribution in [0.4, 0.5) is 0 Å². The van der Waals surface area contributed by atoms with Gasteiger partial charge in [0.1, 0.15) is 0 Å². The van der Waals surface area contributed by atoms with Gasteiger partial charge in [-0.2, -0.15) is 0 Å². The van der Waals surface area contributed by atoms with E-state index in [2.05, 4.69) is 0 Å². The summed E-state index contributed by atoms with van der Waals surface area (Å²) in [6.45, 7) is 0. The van der Waals surface area contributed by atoms with Crippen molar-refractivity contribution >= 4 is 29.7 Å². The van der Waals surface area contributed by atoms with Crippen LogP contribution in [-0.2, 0) is 0 Å². The Hall–Kier alpha value is -3.04. The molecule has 0 bridgehead atoms. The van der Waals surface area contributed by atoms with Gasteiger partial charge >= 0.3 is 5.97 Å². The minimum atomic E-state index is -0.526. The van der Waals surface area contributed by atoms with Gasteiger partial charge in [0.05, 0.1) is 17.7 Å². The molecule has 0 saturated carbocycles. The Morgan fingerprint density at radius 1 is 0.846 bits per heavy atom. The highest BCUT2D eigenvalue weighted by molar-refractivity contribution is 6.33. The number of hydrogen-bond donors (Lipinski definition) is 0. The highest BCUT2D eigenvalue weighted by Gasteiger charge is 2.15. The topological polar surface area (TPSA) is 35.5 Å². The predicted octanol–water partition coefficient (Wildman–Crippen LogP) is 5.74. The van der Waals surface area contributed by atoms with E-state index in [0.29, 0.717) is 22.1 Å². The molecule has 0 saturated heterocycles. The lowest BCUT2D eigenvalue weighted by Gasteiger charge is -2.10. The second-order valence-corrected chi connectivity index (χ2v) is 5.93. The van der Waals surface area contributed by atoms with Gasteiger partial charge in [0, 0.05) is 0 Å². The molecule has 0 aliphatic carbocycles. The van der Waals surface area contributed by atoms with Crippen LogP contribution >= 0.6 is 11.6 Å². The molecule has 3 nitrogen and oxygen atoms in total. The molecule has 0 unspecified atom stereocenters. The SMILES string of the molecule is COc1cc(C=Cc2ccccc2)ccc1OC(=O)c1ccccc1Cl. The molecular formula is C22H17ClO3. The molecule has 0 amide bonds. The van der Waals surface area contributed by atoms with Crippen molar-refractivity contribution in [3.05, 3.63) is 94.5 Å². The van der Waals surface area contributed by atoms with Gasteiger partial charge in [0.2, 0.25) is 0 Å². The van der Waals surface area contributed by atoms with Crippen LogP contribution in [0.5, 0.6) is 11.5 Å². The summed E-state index contributed by atoms with van der Waals surface area (Å²) in [5.41, 5.74) is 2.34. The van der Waals surface area contributed by atoms with Crippen LogP contribution in [0.2, 0.25) is 5.02 Å². The number of carbonyl (C=O) groups excluding carboxylic acids is 1. The molecule has 4 heteroatoms. The van der Waals surface area contributed by atoms with E-state index < -0.39 is 5.97 Å². The van der Waals surface area contributed by atoms with Gasteiger partial charge in [-0.1, -0.05) is 72.3 Å². The van der Waals surface area contributed by atoms with Crippen molar-refractivity contribution in [2.24, 2.45) is 0 Å². The van der Waals surface area contributed by atoms with Gasteiger partial charge in [-0.3, -0.25) is 0 Å². The van der Waals surface area contributed by atoms with Crippen molar-refractivity contribution < 1.29 is 14.3 Å². The highest BCUT2D eigenvalue weighted by Crippen LogP contribution is 2.30. The van der Waals surface area contributed by atoms with Crippen molar-refractivity contribution in [1.82, 2.24) is 0 Å². The van der Waals surface area contributed by atoms with Gasteiger partial charge in [-0.05, 0) is 35.4 Å². The minimum absolute atomic E-state index is 0.310. The predicted molar refractivity (Wildman–Crippen MR) is 105 cm³/mol. The van der Waals surface area contributed by atoms with Gasteiger partial charge in [0.15, 0.2) is 11.5 Å². The molecule has 0 spiro atoms. The molecule has 0 aromatic heterocycles. The van der Waals surface area contributed by atoms with Crippen molar-refractivity contribution in [2.75, 3.05) is 7.11 Å². The number of methoxy groups -OCH3 is 1. The van der Waals surface area contributed by atoms with Crippen molar-refractivity contribution in [3.63, 3.8) is 0 Å². The third-order valence-electron chi connectivity index (χ3n) is 3.75. The first-order valence-electron chi connectivity index (χ1n) is 8.05. The number of rotatable bonds is 5. The first-order chi connectivity index (χ1) is 12.7. The van der Waals surface area contributed by atoms with Gasteiger partial charge in [0.25, 0.3) is 0 Å². The van der Waals surface area contributed by atoms with Crippen molar-refractivity contribution in [3.8, 4) is 11.5 Å². The van der Waals surface area contributed by atoms with Crippen molar-refractivity contribution in [2.45, 2.75) is 0 Å². The lowest BCUT2D eigenvalue weighted by atomic mass is 10.1. The number of esters is 1. The summed E-state index contributed by atoms with van der Waals surface area (Å²) < 4.78 is 10.8. The van der Waals surface area contributed by atoms with Gasteiger partial charge in [-0.15, -0.1) is 0 Å². The van der Waals surface area contributed by atoms with E-state index in [1.54, 1.807) is 30.3 Å². The molecule has 0 atom stereocenters. The maximum Gasteiger partial charge on any atom is 0.345 e. The Balaban J connectivity index is 1.80. The van der Waals surface area contributed by atoms with Crippen LogP contribution in [0.15, 0.2) is 72.8 Å². The Labute approximate surface area is 157 Å². The quantitative estimate of drug-likeness (QED) is 0.329. The van der Waals surface area contributed by atoms with Crippen LogP contribution in [0, 0.1) is 0 Å². The van der Waals surface area contributed by atoms with Crippen LogP contribution in [-0.4, -0.2) is 13.1 Å². The Bertz CT molecular complexity index is 933. The number of carbonyl (C=O) groups is 1. The second kappa shape index (κ2) is 8.37. The van der Waals surface area contributed by atoms with E-state index in [9.17, 15) is 4.79 Å². The monoisotopic (exact) mass is 364 g/mol. The zero-order chi connectivity index (χ0) is 18.4. The molecule has 3 rings (SSSR count). The Morgan fingerprint density at radius 2 is 1.54 bits per heavy atom. The molecule has 0 fully saturated rings. The van der Waals surface area contributed by atoms with E-state index in [4.69, 9.17) is 21.1 Å². The molecule has 26 heavy (non-hydrogen) atoms. The Kier molecular flexibility index (Phi) is 5.72. The van der Waals surface area contributed by atoms with E-state index in [0.717, 1.165) is 11.1 Å². The second-order valence-electron chi connectivity index (χ2n) is 5.52. The molecule has 0 N–H and O–H groups in total. The fraction of sp³-hybridized carbons (Fsp3) is 0.0455. The summed E-state index contributed by atoms with van der Waals surface area (Å²) in [6, 6.07) is 22.1. The molecule has 0 heterocycles. The summed E-state index contributed by atoms with van der Waals surface area (Å²) in [7, 11) is 1.53. The number of benzene rings is 3. The standard InChI is InChI=1S/C22H17ClO3/c1-25-21-15-17(12-11-16-7-3-2-4-8-16)13-14-20(21)26-22(24)18-9-5-6-10-19(18)23/h2-15H,1H3. The number of ether oxygens (including phenoxy) is 2. The maximum atomic E-state index is 12.3. The van der Waals surface area contributed by atoms with Crippen LogP contribution in [0.3, 0.4) is 0 Å². The number of halogens is 1. The van der Waals surface area contributed by atoms with Gasteiger partial charge in [-0.25, -0.2) is 4.79 Å². The van der Waals surface area contributed by atoms with E-state index in [-0.39, 0.29) is 0 Å². The molecular weight excluding hydrogens is 348 g/mol. The normalized spacial score (nSPS) is 10.7. The smallest absolute Gasteiger partial charge is 0.345 e. The number of hydrogen-bond acceptors (Lipinski definition) is 3.